The average Bonchev–Trinajstić information content (AvgIpc) is 3.34. The number of hydrogen-bond donors (Lipinski definition) is 1. The second-order valence-corrected chi connectivity index (χ2v) is 10.00. The maximum absolute atomic E-state index is 14.1. The molecule has 2 unspecified atom stereocenters. The maximum atomic E-state index is 14.1. The number of carbonyl (C=O) groups is 3. The highest BCUT2D eigenvalue weighted by atomic mass is 35.5. The topological polar surface area (TPSA) is 96.7 Å². The average molecular weight is 528 g/mol. The lowest BCUT2D eigenvalue weighted by Crippen LogP contribution is -2.54. The first-order valence-electron chi connectivity index (χ1n) is 11.8. The standard InChI is InChI=1S/C26H27Cl2N5O3/c1-3-4-9-30-14-23(34)32-15-22(18-7-5-17(13-29)6-8-18)26(16-32)24(35)33(25(36)31(26)2)21-11-19(27)10-20(28)12-21/h5-8,10-12,22,30H,3-4,9,14-16H2,1-2H3. The van der Waals surface area contributed by atoms with Gasteiger partial charge in [0.1, 0.15) is 5.54 Å². The zero-order valence-electron chi connectivity index (χ0n) is 20.1. The Kier molecular flexibility index (Phi) is 7.55. The van der Waals surface area contributed by atoms with Gasteiger partial charge in [0.2, 0.25) is 5.91 Å². The van der Waals surface area contributed by atoms with Crippen LogP contribution >= 0.6 is 23.2 Å². The third-order valence-electron chi connectivity index (χ3n) is 6.95. The van der Waals surface area contributed by atoms with Gasteiger partial charge in [0.15, 0.2) is 0 Å². The molecule has 1 spiro atoms. The van der Waals surface area contributed by atoms with Crippen molar-refractivity contribution in [2.75, 3.05) is 38.1 Å². The monoisotopic (exact) mass is 527 g/mol. The van der Waals surface area contributed by atoms with E-state index in [9.17, 15) is 19.6 Å². The number of halogens is 2. The zero-order valence-corrected chi connectivity index (χ0v) is 21.6. The summed E-state index contributed by atoms with van der Waals surface area (Å²) in [4.78, 5) is 44.9. The van der Waals surface area contributed by atoms with Crippen LogP contribution < -0.4 is 10.2 Å². The highest BCUT2D eigenvalue weighted by Gasteiger charge is 2.64. The molecule has 0 aromatic heterocycles. The van der Waals surface area contributed by atoms with Crippen LogP contribution in [0.2, 0.25) is 10.0 Å². The first kappa shape index (κ1) is 26.0. The zero-order chi connectivity index (χ0) is 26.0. The molecule has 10 heteroatoms. The van der Waals surface area contributed by atoms with E-state index in [0.29, 0.717) is 15.6 Å². The number of imide groups is 1. The van der Waals surface area contributed by atoms with Crippen LogP contribution in [0.3, 0.4) is 0 Å². The van der Waals surface area contributed by atoms with E-state index in [1.54, 1.807) is 36.2 Å². The van der Waals surface area contributed by atoms with Crippen LogP contribution in [0.15, 0.2) is 42.5 Å². The van der Waals surface area contributed by atoms with Crippen LogP contribution in [0.5, 0.6) is 0 Å². The molecule has 4 rings (SSSR count). The minimum Gasteiger partial charge on any atom is -0.338 e. The number of nitrogens with zero attached hydrogens (tertiary/aromatic N) is 4. The summed E-state index contributed by atoms with van der Waals surface area (Å²) >= 11 is 12.3. The van der Waals surface area contributed by atoms with Crippen LogP contribution in [0.1, 0.15) is 36.8 Å². The molecule has 2 heterocycles. The van der Waals surface area contributed by atoms with Gasteiger partial charge in [0.05, 0.1) is 30.4 Å². The van der Waals surface area contributed by atoms with Crippen LogP contribution in [0, 0.1) is 11.3 Å². The number of likely N-dealkylation sites (tertiary alicyclic amines) is 1. The third-order valence-corrected chi connectivity index (χ3v) is 7.38. The molecule has 2 aliphatic rings. The molecule has 1 N–H and O–H groups in total. The van der Waals surface area contributed by atoms with Crippen molar-refractivity contribution in [3.63, 3.8) is 0 Å². The number of carbonyl (C=O) groups excluding carboxylic acids is 3. The van der Waals surface area contributed by atoms with Gasteiger partial charge < -0.3 is 15.1 Å². The molecule has 188 valence electrons. The molecular weight excluding hydrogens is 501 g/mol. The van der Waals surface area contributed by atoms with Gasteiger partial charge >= 0.3 is 6.03 Å². The van der Waals surface area contributed by atoms with E-state index in [0.717, 1.165) is 29.8 Å². The highest BCUT2D eigenvalue weighted by Crippen LogP contribution is 2.46. The van der Waals surface area contributed by atoms with Crippen molar-refractivity contribution < 1.29 is 14.4 Å². The van der Waals surface area contributed by atoms with Crippen molar-refractivity contribution in [1.29, 1.82) is 5.26 Å². The fourth-order valence-electron chi connectivity index (χ4n) is 5.00. The van der Waals surface area contributed by atoms with Crippen molar-refractivity contribution in [3.8, 4) is 6.07 Å². The summed E-state index contributed by atoms with van der Waals surface area (Å²) in [5.41, 5.74) is 0.202. The molecule has 2 fully saturated rings. The van der Waals surface area contributed by atoms with E-state index >= 15 is 0 Å². The van der Waals surface area contributed by atoms with Crippen LogP contribution in [-0.4, -0.2) is 66.4 Å². The summed E-state index contributed by atoms with van der Waals surface area (Å²) in [7, 11) is 1.58. The van der Waals surface area contributed by atoms with Crippen LogP contribution in [-0.2, 0) is 9.59 Å². The smallest absolute Gasteiger partial charge is 0.332 e. The van der Waals surface area contributed by atoms with Gasteiger partial charge in [-0.15, -0.1) is 0 Å². The van der Waals surface area contributed by atoms with E-state index in [2.05, 4.69) is 18.3 Å². The van der Waals surface area contributed by atoms with Crippen LogP contribution in [0.4, 0.5) is 10.5 Å². The number of urea groups is 1. The predicted octanol–water partition coefficient (Wildman–Crippen LogP) is 4.02. The SMILES string of the molecule is CCCCNCC(=O)N1CC(c2ccc(C#N)cc2)C2(C1)C(=O)N(c1cc(Cl)cc(Cl)c1)C(=O)N2C. The summed E-state index contributed by atoms with van der Waals surface area (Å²) in [6.07, 6.45) is 1.97. The Hall–Kier alpha value is -3.12. The van der Waals surface area contributed by atoms with Crippen molar-refractivity contribution in [3.05, 3.63) is 63.6 Å². The summed E-state index contributed by atoms with van der Waals surface area (Å²) < 4.78 is 0. The molecule has 0 aliphatic carbocycles. The molecule has 0 bridgehead atoms. The summed E-state index contributed by atoms with van der Waals surface area (Å²) in [6, 6.07) is 13.0. The minimum atomic E-state index is -1.32. The van der Waals surface area contributed by atoms with Crippen molar-refractivity contribution in [2.24, 2.45) is 0 Å². The molecule has 2 aliphatic heterocycles. The van der Waals surface area contributed by atoms with E-state index in [4.69, 9.17) is 23.2 Å². The van der Waals surface area contributed by atoms with Crippen LogP contribution in [0.25, 0.3) is 0 Å². The van der Waals surface area contributed by atoms with Gasteiger partial charge in [-0.3, -0.25) is 9.59 Å². The molecule has 36 heavy (non-hydrogen) atoms. The Morgan fingerprint density at radius 3 is 2.44 bits per heavy atom. The lowest BCUT2D eigenvalue weighted by molar-refractivity contribution is -0.130. The first-order valence-corrected chi connectivity index (χ1v) is 12.6. The molecule has 2 atom stereocenters. The normalized spacial score (nSPS) is 21.5. The van der Waals surface area contributed by atoms with E-state index in [1.165, 1.54) is 23.1 Å². The Morgan fingerprint density at radius 1 is 1.17 bits per heavy atom. The van der Waals surface area contributed by atoms with E-state index in [-0.39, 0.29) is 31.2 Å². The number of nitriles is 1. The second kappa shape index (κ2) is 10.5. The van der Waals surface area contributed by atoms with Gasteiger partial charge in [-0.2, -0.15) is 5.26 Å². The fraction of sp³-hybridized carbons (Fsp3) is 0.385. The maximum Gasteiger partial charge on any atom is 0.332 e. The number of likely N-dealkylation sites (N-methyl/N-ethyl adjacent to an activating group) is 1. The highest BCUT2D eigenvalue weighted by molar-refractivity contribution is 6.35. The molecule has 2 saturated heterocycles. The number of nitrogens with one attached hydrogen (secondary N) is 1. The molecule has 2 aromatic carbocycles. The molecule has 4 amide bonds. The van der Waals surface area contributed by atoms with E-state index in [1.807, 2.05) is 0 Å². The molecule has 2 aromatic rings. The molecule has 0 saturated carbocycles. The van der Waals surface area contributed by atoms with E-state index < -0.39 is 23.4 Å². The fourth-order valence-corrected chi connectivity index (χ4v) is 5.52. The molecular formula is C26H27Cl2N5O3. The van der Waals surface area contributed by atoms with Gasteiger partial charge in [0.25, 0.3) is 5.91 Å². The lowest BCUT2D eigenvalue weighted by atomic mass is 9.80. The number of hydrogen-bond acceptors (Lipinski definition) is 5. The summed E-state index contributed by atoms with van der Waals surface area (Å²) in [6.45, 7) is 3.26. The summed E-state index contributed by atoms with van der Waals surface area (Å²) in [5.74, 6) is -1.08. The Labute approximate surface area is 220 Å². The quantitative estimate of drug-likeness (QED) is 0.433. The first-order chi connectivity index (χ1) is 17.2. The minimum absolute atomic E-state index is 0.0534. The number of amides is 4. The molecule has 0 radical (unpaired) electrons. The Balaban J connectivity index is 1.73. The number of benzene rings is 2. The second-order valence-electron chi connectivity index (χ2n) is 9.13. The lowest BCUT2D eigenvalue weighted by Gasteiger charge is -2.33. The largest absolute Gasteiger partial charge is 0.338 e. The predicted molar refractivity (Wildman–Crippen MR) is 138 cm³/mol. The van der Waals surface area contributed by atoms with Gasteiger partial charge in [-0.1, -0.05) is 48.7 Å². The number of rotatable bonds is 7. The van der Waals surface area contributed by atoms with Gasteiger partial charge in [-0.25, -0.2) is 9.69 Å². The number of unbranched alkanes of at least 4 members (excludes halogenated alkanes) is 1. The van der Waals surface area contributed by atoms with Gasteiger partial charge in [-0.05, 0) is 48.9 Å². The van der Waals surface area contributed by atoms with Crippen molar-refractivity contribution >= 4 is 46.7 Å². The van der Waals surface area contributed by atoms with Crippen molar-refractivity contribution in [1.82, 2.24) is 15.1 Å². The van der Waals surface area contributed by atoms with Gasteiger partial charge in [0, 0.05) is 29.6 Å². The molecule has 8 nitrogen and oxygen atoms in total. The van der Waals surface area contributed by atoms with Crippen molar-refractivity contribution in [2.45, 2.75) is 31.2 Å². The Morgan fingerprint density at radius 2 is 1.83 bits per heavy atom. The number of anilines is 1. The third kappa shape index (κ3) is 4.55. The Bertz CT molecular complexity index is 1210. The summed E-state index contributed by atoms with van der Waals surface area (Å²) in [5, 5.41) is 13.0.